The van der Waals surface area contributed by atoms with Gasteiger partial charge in [-0.05, 0) is 63.9 Å². The fraction of sp³-hybridized carbons (Fsp3) is 0.647. The minimum Gasteiger partial charge on any atom is -0.496 e. The van der Waals surface area contributed by atoms with Gasteiger partial charge in [0.1, 0.15) is 11.6 Å². The quantitative estimate of drug-likeness (QED) is 0.873. The van der Waals surface area contributed by atoms with Crippen molar-refractivity contribution in [1.82, 2.24) is 10.2 Å². The van der Waals surface area contributed by atoms with E-state index in [0.717, 1.165) is 37.5 Å². The van der Waals surface area contributed by atoms with Gasteiger partial charge in [-0.3, -0.25) is 4.90 Å². The van der Waals surface area contributed by atoms with Crippen molar-refractivity contribution < 1.29 is 9.13 Å². The molecule has 0 aliphatic carbocycles. The summed E-state index contributed by atoms with van der Waals surface area (Å²) in [6.45, 7) is 8.39. The Kier molecular flexibility index (Phi) is 6.00. The first kappa shape index (κ1) is 16.2. The molecule has 1 N–H and O–H groups in total. The zero-order chi connectivity index (χ0) is 15.2. The highest BCUT2D eigenvalue weighted by Crippen LogP contribution is 2.23. The highest BCUT2D eigenvalue weighted by atomic mass is 19.1. The molecule has 1 aromatic carbocycles. The van der Waals surface area contributed by atoms with Crippen molar-refractivity contribution in [1.29, 1.82) is 0 Å². The van der Waals surface area contributed by atoms with Crippen molar-refractivity contribution >= 4 is 0 Å². The van der Waals surface area contributed by atoms with Crippen molar-refractivity contribution in [3.63, 3.8) is 0 Å². The predicted octanol–water partition coefficient (Wildman–Crippen LogP) is 3.04. The van der Waals surface area contributed by atoms with E-state index in [1.165, 1.54) is 18.9 Å². The van der Waals surface area contributed by atoms with Crippen LogP contribution in [0.25, 0.3) is 0 Å². The molecule has 1 atom stereocenters. The summed E-state index contributed by atoms with van der Waals surface area (Å²) in [6, 6.07) is 5.19. The number of benzene rings is 1. The minimum absolute atomic E-state index is 0.200. The topological polar surface area (TPSA) is 24.5 Å². The lowest BCUT2D eigenvalue weighted by Crippen LogP contribution is -2.40. The van der Waals surface area contributed by atoms with Crippen LogP contribution in [0.4, 0.5) is 4.39 Å². The van der Waals surface area contributed by atoms with Crippen molar-refractivity contribution in [2.45, 2.75) is 39.3 Å². The molecule has 0 saturated carbocycles. The van der Waals surface area contributed by atoms with E-state index in [1.54, 1.807) is 19.2 Å². The Balaban J connectivity index is 2.06. The monoisotopic (exact) mass is 294 g/mol. The van der Waals surface area contributed by atoms with E-state index in [1.807, 2.05) is 0 Å². The molecular weight excluding hydrogens is 267 g/mol. The van der Waals surface area contributed by atoms with E-state index in [0.29, 0.717) is 12.0 Å². The van der Waals surface area contributed by atoms with Gasteiger partial charge in [-0.15, -0.1) is 0 Å². The number of piperidine rings is 1. The van der Waals surface area contributed by atoms with Gasteiger partial charge in [0.2, 0.25) is 0 Å². The van der Waals surface area contributed by atoms with Crippen LogP contribution < -0.4 is 10.1 Å². The maximum Gasteiger partial charge on any atom is 0.123 e. The molecule has 4 heteroatoms. The number of hydrogen-bond acceptors (Lipinski definition) is 3. The van der Waals surface area contributed by atoms with Crippen LogP contribution in [-0.2, 0) is 6.54 Å². The van der Waals surface area contributed by atoms with Gasteiger partial charge in [0, 0.05) is 24.7 Å². The fourth-order valence-corrected chi connectivity index (χ4v) is 2.96. The smallest absolute Gasteiger partial charge is 0.123 e. The van der Waals surface area contributed by atoms with Crippen molar-refractivity contribution in [2.24, 2.45) is 5.92 Å². The van der Waals surface area contributed by atoms with Gasteiger partial charge in [0.25, 0.3) is 0 Å². The Morgan fingerprint density at radius 3 is 2.86 bits per heavy atom. The largest absolute Gasteiger partial charge is 0.496 e. The molecule has 0 amide bonds. The molecule has 0 aromatic heterocycles. The number of hydrogen-bond donors (Lipinski definition) is 1. The number of methoxy groups -OCH3 is 1. The maximum atomic E-state index is 13.5. The minimum atomic E-state index is -0.200. The van der Waals surface area contributed by atoms with Gasteiger partial charge in [-0.1, -0.05) is 0 Å². The number of nitrogens with zero attached hydrogens (tertiary/aromatic N) is 1. The molecule has 3 nitrogen and oxygen atoms in total. The Morgan fingerprint density at radius 2 is 2.24 bits per heavy atom. The molecule has 1 heterocycles. The summed E-state index contributed by atoms with van der Waals surface area (Å²) in [5.41, 5.74) is 0.926. The van der Waals surface area contributed by atoms with E-state index < -0.39 is 0 Å². The molecule has 1 saturated heterocycles. The molecule has 0 radical (unpaired) electrons. The maximum absolute atomic E-state index is 13.5. The van der Waals surface area contributed by atoms with Gasteiger partial charge in [-0.2, -0.15) is 0 Å². The standard InChI is InChI=1S/C17H27FN2O/c1-13(2)20(11-14-5-4-8-19-10-14)12-15-9-16(18)6-7-17(15)21-3/h6-7,9,13-14,19H,4-5,8,10-12H2,1-3H3. The normalized spacial score (nSPS) is 19.2. The summed E-state index contributed by atoms with van der Waals surface area (Å²) in [6.07, 6.45) is 2.52. The molecule has 118 valence electrons. The lowest BCUT2D eigenvalue weighted by molar-refractivity contribution is 0.162. The number of halogens is 1. The zero-order valence-corrected chi connectivity index (χ0v) is 13.4. The van der Waals surface area contributed by atoms with Crippen LogP contribution >= 0.6 is 0 Å². The third-order valence-electron chi connectivity index (χ3n) is 4.24. The fourth-order valence-electron chi connectivity index (χ4n) is 2.96. The van der Waals surface area contributed by atoms with E-state index >= 15 is 0 Å². The van der Waals surface area contributed by atoms with Crippen LogP contribution in [0.2, 0.25) is 0 Å². The van der Waals surface area contributed by atoms with E-state index in [-0.39, 0.29) is 5.82 Å². The van der Waals surface area contributed by atoms with Crippen LogP contribution in [0.5, 0.6) is 5.75 Å². The zero-order valence-electron chi connectivity index (χ0n) is 13.4. The van der Waals surface area contributed by atoms with Gasteiger partial charge in [0.15, 0.2) is 0 Å². The molecule has 0 spiro atoms. The molecular formula is C17H27FN2O. The summed E-state index contributed by atoms with van der Waals surface area (Å²) in [5, 5.41) is 3.46. The van der Waals surface area contributed by atoms with E-state index in [9.17, 15) is 4.39 Å². The molecule has 2 rings (SSSR count). The highest BCUT2D eigenvalue weighted by molar-refractivity contribution is 5.33. The lowest BCUT2D eigenvalue weighted by Gasteiger charge is -2.33. The summed E-state index contributed by atoms with van der Waals surface area (Å²) < 4.78 is 18.9. The molecule has 1 aliphatic rings. The van der Waals surface area contributed by atoms with Gasteiger partial charge in [-0.25, -0.2) is 4.39 Å². The van der Waals surface area contributed by atoms with Crippen LogP contribution in [-0.4, -0.2) is 37.7 Å². The van der Waals surface area contributed by atoms with Crippen LogP contribution in [0.3, 0.4) is 0 Å². The Morgan fingerprint density at radius 1 is 1.43 bits per heavy atom. The average molecular weight is 294 g/mol. The summed E-state index contributed by atoms with van der Waals surface area (Å²) in [7, 11) is 1.64. The van der Waals surface area contributed by atoms with Crippen molar-refractivity contribution in [3.05, 3.63) is 29.6 Å². The van der Waals surface area contributed by atoms with Gasteiger partial charge < -0.3 is 10.1 Å². The second-order valence-corrected chi connectivity index (χ2v) is 6.19. The summed E-state index contributed by atoms with van der Waals surface area (Å²) >= 11 is 0. The predicted molar refractivity (Wildman–Crippen MR) is 84.1 cm³/mol. The molecule has 1 fully saturated rings. The first-order valence-electron chi connectivity index (χ1n) is 7.87. The van der Waals surface area contributed by atoms with Crippen molar-refractivity contribution in [2.75, 3.05) is 26.7 Å². The first-order valence-corrected chi connectivity index (χ1v) is 7.87. The van der Waals surface area contributed by atoms with Crippen LogP contribution in [0.1, 0.15) is 32.3 Å². The van der Waals surface area contributed by atoms with Gasteiger partial charge >= 0.3 is 0 Å². The highest BCUT2D eigenvalue weighted by Gasteiger charge is 2.20. The molecule has 0 bridgehead atoms. The SMILES string of the molecule is COc1ccc(F)cc1CN(CC1CCCNC1)C(C)C. The van der Waals surface area contributed by atoms with Crippen LogP contribution in [0.15, 0.2) is 18.2 Å². The van der Waals surface area contributed by atoms with Crippen molar-refractivity contribution in [3.8, 4) is 5.75 Å². The third-order valence-corrected chi connectivity index (χ3v) is 4.24. The summed E-state index contributed by atoms with van der Waals surface area (Å²) in [5.74, 6) is 1.25. The average Bonchev–Trinajstić information content (AvgIpc) is 2.48. The molecule has 1 unspecified atom stereocenters. The Bertz CT molecular complexity index is 444. The molecule has 1 aromatic rings. The van der Waals surface area contributed by atoms with Crippen LogP contribution in [0, 0.1) is 11.7 Å². The molecule has 1 aliphatic heterocycles. The number of nitrogens with one attached hydrogen (secondary N) is 1. The van der Waals surface area contributed by atoms with Gasteiger partial charge in [0.05, 0.1) is 7.11 Å². The van der Waals surface area contributed by atoms with E-state index in [4.69, 9.17) is 4.74 Å². The molecule has 21 heavy (non-hydrogen) atoms. The second-order valence-electron chi connectivity index (χ2n) is 6.19. The Hall–Kier alpha value is -1.13. The van der Waals surface area contributed by atoms with E-state index in [2.05, 4.69) is 24.1 Å². The third kappa shape index (κ3) is 4.68. The second kappa shape index (κ2) is 7.76. The lowest BCUT2D eigenvalue weighted by atomic mass is 9.98. The number of ether oxygens (including phenoxy) is 1. The number of rotatable bonds is 6. The summed E-state index contributed by atoms with van der Waals surface area (Å²) in [4.78, 5) is 2.41. The first-order chi connectivity index (χ1) is 10.1. The Labute approximate surface area is 127 Å².